The van der Waals surface area contributed by atoms with Crippen LogP contribution in [0, 0.1) is 3.57 Å². The summed E-state index contributed by atoms with van der Waals surface area (Å²) in [7, 11) is 3.95. The van der Waals surface area contributed by atoms with Crippen LogP contribution in [0.4, 0.5) is 0 Å². The van der Waals surface area contributed by atoms with Crippen molar-refractivity contribution in [2.45, 2.75) is 12.5 Å². The van der Waals surface area contributed by atoms with Crippen molar-refractivity contribution in [3.05, 3.63) is 51.4 Å². The molecule has 0 aliphatic rings. The number of nitrogens with zero attached hydrogens (tertiary/aromatic N) is 2. The van der Waals surface area contributed by atoms with Gasteiger partial charge >= 0.3 is 0 Å². The molecule has 0 saturated carbocycles. The summed E-state index contributed by atoms with van der Waals surface area (Å²) in [4.78, 5) is 0. The molecule has 0 radical (unpaired) electrons. The van der Waals surface area contributed by atoms with Crippen LogP contribution in [0.2, 0.25) is 0 Å². The maximum atomic E-state index is 4.20. The molecular weight excluding hydrogens is 325 g/mol. The molecule has 2 rings (SSSR count). The summed E-state index contributed by atoms with van der Waals surface area (Å²) < 4.78 is 3.11. The van der Waals surface area contributed by atoms with Crippen LogP contribution in [0.3, 0.4) is 0 Å². The Balaban J connectivity index is 2.16. The van der Waals surface area contributed by atoms with Crippen molar-refractivity contribution >= 4 is 22.6 Å². The fourth-order valence-electron chi connectivity index (χ4n) is 1.92. The Morgan fingerprint density at radius 2 is 2.29 bits per heavy atom. The lowest BCUT2D eigenvalue weighted by Gasteiger charge is -2.16. The van der Waals surface area contributed by atoms with Gasteiger partial charge in [0.1, 0.15) is 0 Å². The van der Waals surface area contributed by atoms with Crippen LogP contribution < -0.4 is 5.32 Å². The molecule has 2 aromatic rings. The lowest BCUT2D eigenvalue weighted by Crippen LogP contribution is -2.18. The number of halogens is 1. The van der Waals surface area contributed by atoms with Gasteiger partial charge in [0.2, 0.25) is 0 Å². The van der Waals surface area contributed by atoms with Crippen molar-refractivity contribution in [1.82, 2.24) is 15.1 Å². The number of hydrogen-bond donors (Lipinski definition) is 1. The van der Waals surface area contributed by atoms with E-state index in [1.54, 1.807) is 0 Å². The number of likely N-dealkylation sites (N-methyl/N-ethyl adjacent to an activating group) is 1. The summed E-state index contributed by atoms with van der Waals surface area (Å²) in [6.07, 6.45) is 4.96. The molecular formula is C13H16IN3. The Morgan fingerprint density at radius 3 is 2.88 bits per heavy atom. The maximum Gasteiger partial charge on any atom is 0.0522 e. The van der Waals surface area contributed by atoms with E-state index in [0.29, 0.717) is 6.04 Å². The van der Waals surface area contributed by atoms with Gasteiger partial charge in [0.15, 0.2) is 0 Å². The van der Waals surface area contributed by atoms with Gasteiger partial charge in [-0.2, -0.15) is 5.10 Å². The van der Waals surface area contributed by atoms with Crippen LogP contribution in [-0.2, 0) is 13.5 Å². The Hall–Kier alpha value is -0.880. The van der Waals surface area contributed by atoms with E-state index >= 15 is 0 Å². The van der Waals surface area contributed by atoms with Crippen molar-refractivity contribution in [2.24, 2.45) is 7.05 Å². The van der Waals surface area contributed by atoms with E-state index in [0.717, 1.165) is 6.42 Å². The molecule has 1 aromatic heterocycles. The van der Waals surface area contributed by atoms with Gasteiger partial charge in [-0.15, -0.1) is 0 Å². The zero-order valence-electron chi connectivity index (χ0n) is 10.0. The van der Waals surface area contributed by atoms with Crippen molar-refractivity contribution in [2.75, 3.05) is 7.05 Å². The van der Waals surface area contributed by atoms with Gasteiger partial charge in [-0.1, -0.05) is 12.1 Å². The molecule has 1 N–H and O–H groups in total. The number of benzene rings is 1. The molecule has 1 aromatic carbocycles. The number of hydrogen-bond acceptors (Lipinski definition) is 2. The minimum atomic E-state index is 0.342. The third-order valence-electron chi connectivity index (χ3n) is 2.80. The Labute approximate surface area is 115 Å². The van der Waals surface area contributed by atoms with Gasteiger partial charge < -0.3 is 5.32 Å². The lowest BCUT2D eigenvalue weighted by molar-refractivity contribution is 0.591. The monoisotopic (exact) mass is 341 g/mol. The standard InChI is InChI=1S/C13H16IN3/c1-15-13(6-10-8-16-17(2)9-10)11-4-3-5-12(14)7-11/h3-5,7-9,13,15H,6H2,1-2H3. The van der Waals surface area contributed by atoms with Crippen LogP contribution >= 0.6 is 22.6 Å². The molecule has 17 heavy (non-hydrogen) atoms. The minimum Gasteiger partial charge on any atom is -0.313 e. The van der Waals surface area contributed by atoms with Crippen molar-refractivity contribution in [3.8, 4) is 0 Å². The van der Waals surface area contributed by atoms with Gasteiger partial charge in [0.25, 0.3) is 0 Å². The summed E-state index contributed by atoms with van der Waals surface area (Å²) in [6, 6.07) is 8.94. The van der Waals surface area contributed by atoms with E-state index in [2.05, 4.69) is 63.5 Å². The molecule has 1 atom stereocenters. The minimum absolute atomic E-state index is 0.342. The van der Waals surface area contributed by atoms with E-state index in [4.69, 9.17) is 0 Å². The number of nitrogens with one attached hydrogen (secondary N) is 1. The molecule has 0 bridgehead atoms. The third kappa shape index (κ3) is 3.29. The van der Waals surface area contributed by atoms with Gasteiger partial charge in [0, 0.05) is 22.9 Å². The van der Waals surface area contributed by atoms with Crippen molar-refractivity contribution in [3.63, 3.8) is 0 Å². The summed E-state index contributed by atoms with van der Waals surface area (Å²) in [5.41, 5.74) is 2.58. The fraction of sp³-hybridized carbons (Fsp3) is 0.308. The second kappa shape index (κ2) is 5.64. The number of aromatic nitrogens is 2. The Morgan fingerprint density at radius 1 is 1.47 bits per heavy atom. The summed E-state index contributed by atoms with van der Waals surface area (Å²) in [5, 5.41) is 7.57. The molecule has 0 fully saturated rings. The SMILES string of the molecule is CNC(Cc1cnn(C)c1)c1cccc(I)c1. The first kappa shape index (κ1) is 12.6. The van der Waals surface area contributed by atoms with Gasteiger partial charge in [-0.3, -0.25) is 4.68 Å². The van der Waals surface area contributed by atoms with E-state index in [-0.39, 0.29) is 0 Å². The van der Waals surface area contributed by atoms with E-state index in [1.165, 1.54) is 14.7 Å². The largest absolute Gasteiger partial charge is 0.313 e. The van der Waals surface area contributed by atoms with Crippen molar-refractivity contribution < 1.29 is 0 Å². The molecule has 1 heterocycles. The fourth-order valence-corrected chi connectivity index (χ4v) is 2.49. The highest BCUT2D eigenvalue weighted by atomic mass is 127. The van der Waals surface area contributed by atoms with Gasteiger partial charge in [-0.25, -0.2) is 0 Å². The van der Waals surface area contributed by atoms with E-state index < -0.39 is 0 Å². The Kier molecular flexibility index (Phi) is 4.17. The molecule has 3 nitrogen and oxygen atoms in total. The Bertz CT molecular complexity index is 493. The normalized spacial score (nSPS) is 12.6. The summed E-state index contributed by atoms with van der Waals surface area (Å²) in [6.45, 7) is 0. The zero-order valence-corrected chi connectivity index (χ0v) is 12.2. The second-order valence-electron chi connectivity index (χ2n) is 4.12. The summed E-state index contributed by atoms with van der Waals surface area (Å²) >= 11 is 2.35. The van der Waals surface area contributed by atoms with Crippen LogP contribution in [0.25, 0.3) is 0 Å². The molecule has 4 heteroatoms. The highest BCUT2D eigenvalue weighted by molar-refractivity contribution is 14.1. The zero-order chi connectivity index (χ0) is 12.3. The second-order valence-corrected chi connectivity index (χ2v) is 5.37. The smallest absolute Gasteiger partial charge is 0.0522 e. The predicted octanol–water partition coefficient (Wildman–Crippen LogP) is 2.53. The molecule has 0 aliphatic heterocycles. The first-order valence-corrected chi connectivity index (χ1v) is 6.67. The third-order valence-corrected chi connectivity index (χ3v) is 3.47. The average molecular weight is 341 g/mol. The molecule has 1 unspecified atom stereocenters. The van der Waals surface area contributed by atoms with E-state index in [9.17, 15) is 0 Å². The van der Waals surface area contributed by atoms with E-state index in [1.807, 2.05) is 25.0 Å². The van der Waals surface area contributed by atoms with Crippen LogP contribution in [-0.4, -0.2) is 16.8 Å². The topological polar surface area (TPSA) is 29.9 Å². The number of aryl methyl sites for hydroxylation is 1. The molecule has 90 valence electrons. The first-order valence-electron chi connectivity index (χ1n) is 5.59. The van der Waals surface area contributed by atoms with Crippen molar-refractivity contribution in [1.29, 1.82) is 0 Å². The lowest BCUT2D eigenvalue weighted by atomic mass is 10.0. The highest BCUT2D eigenvalue weighted by Gasteiger charge is 2.11. The quantitative estimate of drug-likeness (QED) is 0.867. The molecule has 0 aliphatic carbocycles. The molecule has 0 amide bonds. The highest BCUT2D eigenvalue weighted by Crippen LogP contribution is 2.19. The average Bonchev–Trinajstić information content (AvgIpc) is 2.72. The predicted molar refractivity (Wildman–Crippen MR) is 77.9 cm³/mol. The molecule has 0 saturated heterocycles. The number of rotatable bonds is 4. The van der Waals surface area contributed by atoms with Gasteiger partial charge in [-0.05, 0) is 59.3 Å². The van der Waals surface area contributed by atoms with Crippen LogP contribution in [0.15, 0.2) is 36.7 Å². The first-order chi connectivity index (χ1) is 8.19. The maximum absolute atomic E-state index is 4.20. The summed E-state index contributed by atoms with van der Waals surface area (Å²) in [5.74, 6) is 0. The van der Waals surface area contributed by atoms with Gasteiger partial charge in [0.05, 0.1) is 6.20 Å². The van der Waals surface area contributed by atoms with Crippen LogP contribution in [0.1, 0.15) is 17.2 Å². The van der Waals surface area contributed by atoms with Crippen LogP contribution in [0.5, 0.6) is 0 Å². The molecule has 0 spiro atoms.